The van der Waals surface area contributed by atoms with Gasteiger partial charge in [-0.15, -0.1) is 0 Å². The summed E-state index contributed by atoms with van der Waals surface area (Å²) in [5, 5.41) is 0. The average Bonchev–Trinajstić information content (AvgIpc) is 2.70. The fraction of sp³-hybridized carbons (Fsp3) is 0.280. The lowest BCUT2D eigenvalue weighted by molar-refractivity contribution is 0.404. The Balaban J connectivity index is 1.61. The molecule has 0 radical (unpaired) electrons. The van der Waals surface area contributed by atoms with Crippen LogP contribution in [0.25, 0.3) is 0 Å². The van der Waals surface area contributed by atoms with E-state index >= 15 is 0 Å². The monoisotopic (exact) mass is 380 g/mol. The molecule has 0 saturated heterocycles. The molecule has 0 aliphatic heterocycles. The zero-order chi connectivity index (χ0) is 20.0. The maximum absolute atomic E-state index is 13.2. The van der Waals surface area contributed by atoms with E-state index in [2.05, 4.69) is 19.9 Å². The Kier molecular flexibility index (Phi) is 6.45. The molecule has 3 aromatic carbocycles. The Hall–Kier alpha value is -2.68. The van der Waals surface area contributed by atoms with Crippen LogP contribution < -0.4 is 4.74 Å². The minimum absolute atomic E-state index is 0.0376. The third-order valence-corrected chi connectivity index (χ3v) is 5.46. The molecular weight excluding hydrogens is 354 g/mol. The van der Waals surface area contributed by atoms with Crippen LogP contribution in [0.4, 0.5) is 8.78 Å². The molecular formula is C25H26F2O. The number of hydrogen-bond donors (Lipinski definition) is 0. The van der Waals surface area contributed by atoms with Gasteiger partial charge in [-0.25, -0.2) is 8.78 Å². The number of rotatable bonds is 8. The Morgan fingerprint density at radius 1 is 0.821 bits per heavy atom. The number of benzene rings is 3. The molecule has 0 spiro atoms. The van der Waals surface area contributed by atoms with Crippen LogP contribution in [0.2, 0.25) is 0 Å². The first-order valence-electron chi connectivity index (χ1n) is 9.77. The molecule has 0 amide bonds. The Morgan fingerprint density at radius 3 is 2.11 bits per heavy atom. The zero-order valence-corrected chi connectivity index (χ0v) is 16.4. The second kappa shape index (κ2) is 9.01. The van der Waals surface area contributed by atoms with E-state index in [1.54, 1.807) is 24.3 Å². The molecule has 0 aliphatic carbocycles. The van der Waals surface area contributed by atoms with Crippen LogP contribution >= 0.6 is 0 Å². The van der Waals surface area contributed by atoms with Gasteiger partial charge in [-0.1, -0.05) is 38.1 Å². The molecule has 3 heteroatoms. The molecule has 0 aliphatic rings. The summed E-state index contributed by atoms with van der Waals surface area (Å²) < 4.78 is 32.1. The predicted molar refractivity (Wildman–Crippen MR) is 110 cm³/mol. The number of aryl methyl sites for hydroxylation is 1. The van der Waals surface area contributed by atoms with Crippen LogP contribution in [-0.2, 0) is 11.8 Å². The van der Waals surface area contributed by atoms with Gasteiger partial charge in [0.1, 0.15) is 23.1 Å². The summed E-state index contributed by atoms with van der Waals surface area (Å²) in [5.41, 5.74) is 2.43. The molecule has 1 nitrogen and oxygen atoms in total. The third kappa shape index (κ3) is 5.19. The molecule has 0 saturated carbocycles. The van der Waals surface area contributed by atoms with Gasteiger partial charge in [0.25, 0.3) is 0 Å². The van der Waals surface area contributed by atoms with Gasteiger partial charge in [-0.05, 0) is 90.8 Å². The van der Waals surface area contributed by atoms with Crippen molar-refractivity contribution < 1.29 is 13.5 Å². The smallest absolute Gasteiger partial charge is 0.127 e. The van der Waals surface area contributed by atoms with E-state index in [1.807, 2.05) is 30.3 Å². The second-order valence-corrected chi connectivity index (χ2v) is 7.48. The second-order valence-electron chi connectivity index (χ2n) is 7.48. The van der Waals surface area contributed by atoms with Crippen molar-refractivity contribution in [1.29, 1.82) is 0 Å². The Morgan fingerprint density at radius 2 is 1.46 bits per heavy atom. The van der Waals surface area contributed by atoms with Crippen LogP contribution in [0.15, 0.2) is 72.8 Å². The van der Waals surface area contributed by atoms with Crippen LogP contribution in [0.1, 0.15) is 44.2 Å². The lowest BCUT2D eigenvalue weighted by Gasteiger charge is -2.29. The van der Waals surface area contributed by atoms with Crippen LogP contribution in [0.5, 0.6) is 11.5 Å². The lowest BCUT2D eigenvalue weighted by atomic mass is 9.76. The largest absolute Gasteiger partial charge is 0.457 e. The van der Waals surface area contributed by atoms with Crippen molar-refractivity contribution in [3.8, 4) is 11.5 Å². The molecule has 3 rings (SSSR count). The van der Waals surface area contributed by atoms with E-state index in [0.717, 1.165) is 31.4 Å². The summed E-state index contributed by atoms with van der Waals surface area (Å²) >= 11 is 0. The number of halogens is 2. The molecule has 3 aromatic rings. The SMILES string of the molecule is CCC(C)(CCCc1cccc(Oc2ccc(F)cc2)c1)c1ccc(F)cc1. The molecule has 146 valence electrons. The fourth-order valence-corrected chi connectivity index (χ4v) is 3.46. The normalized spacial score (nSPS) is 13.1. The van der Waals surface area contributed by atoms with Gasteiger partial charge in [0.05, 0.1) is 0 Å². The van der Waals surface area contributed by atoms with E-state index in [-0.39, 0.29) is 17.0 Å². The van der Waals surface area contributed by atoms with Crippen molar-refractivity contribution in [1.82, 2.24) is 0 Å². The summed E-state index contributed by atoms with van der Waals surface area (Å²) in [7, 11) is 0. The minimum Gasteiger partial charge on any atom is -0.457 e. The van der Waals surface area contributed by atoms with Gasteiger partial charge in [0.15, 0.2) is 0 Å². The summed E-state index contributed by atoms with van der Waals surface area (Å²) in [6.45, 7) is 4.43. The topological polar surface area (TPSA) is 9.23 Å². The first-order valence-corrected chi connectivity index (χ1v) is 9.77. The number of hydrogen-bond acceptors (Lipinski definition) is 1. The lowest BCUT2D eigenvalue weighted by Crippen LogP contribution is -2.21. The van der Waals surface area contributed by atoms with Gasteiger partial charge >= 0.3 is 0 Å². The number of ether oxygens (including phenoxy) is 1. The van der Waals surface area contributed by atoms with E-state index < -0.39 is 0 Å². The van der Waals surface area contributed by atoms with Crippen molar-refractivity contribution in [3.63, 3.8) is 0 Å². The third-order valence-electron chi connectivity index (χ3n) is 5.46. The van der Waals surface area contributed by atoms with Gasteiger partial charge < -0.3 is 4.74 Å². The van der Waals surface area contributed by atoms with Crippen molar-refractivity contribution in [3.05, 3.63) is 95.6 Å². The van der Waals surface area contributed by atoms with Crippen LogP contribution in [0.3, 0.4) is 0 Å². The van der Waals surface area contributed by atoms with Crippen LogP contribution in [-0.4, -0.2) is 0 Å². The van der Waals surface area contributed by atoms with Gasteiger partial charge in [-0.3, -0.25) is 0 Å². The predicted octanol–water partition coefficient (Wildman–Crippen LogP) is 7.45. The minimum atomic E-state index is -0.277. The maximum atomic E-state index is 13.2. The Bertz CT molecular complexity index is 887. The van der Waals surface area contributed by atoms with Crippen molar-refractivity contribution >= 4 is 0 Å². The summed E-state index contributed by atoms with van der Waals surface area (Å²) in [6.07, 6.45) is 4.00. The summed E-state index contributed by atoms with van der Waals surface area (Å²) in [4.78, 5) is 0. The standard InChI is InChI=1S/C25H26F2O/c1-3-25(2,20-9-11-21(26)12-10-20)17-5-7-19-6-4-8-24(18-19)28-23-15-13-22(27)14-16-23/h4,6,8-16,18H,3,5,7,17H2,1-2H3. The molecule has 1 atom stereocenters. The van der Waals surface area contributed by atoms with E-state index in [9.17, 15) is 8.78 Å². The highest BCUT2D eigenvalue weighted by Gasteiger charge is 2.24. The first kappa shape index (κ1) is 20.1. The molecule has 1 unspecified atom stereocenters. The van der Waals surface area contributed by atoms with Crippen LogP contribution in [0, 0.1) is 11.6 Å². The molecule has 0 bridgehead atoms. The van der Waals surface area contributed by atoms with Crippen molar-refractivity contribution in [2.75, 3.05) is 0 Å². The molecule has 0 heterocycles. The maximum Gasteiger partial charge on any atom is 0.127 e. The molecule has 0 fully saturated rings. The molecule has 0 aromatic heterocycles. The Labute approximate surface area is 166 Å². The highest BCUT2D eigenvalue weighted by Crippen LogP contribution is 2.33. The molecule has 0 N–H and O–H groups in total. The van der Waals surface area contributed by atoms with E-state index in [0.29, 0.717) is 5.75 Å². The average molecular weight is 380 g/mol. The zero-order valence-electron chi connectivity index (χ0n) is 16.4. The molecule has 28 heavy (non-hydrogen) atoms. The van der Waals surface area contributed by atoms with E-state index in [1.165, 1.54) is 23.3 Å². The highest BCUT2D eigenvalue weighted by atomic mass is 19.1. The van der Waals surface area contributed by atoms with Crippen molar-refractivity contribution in [2.45, 2.75) is 44.9 Å². The van der Waals surface area contributed by atoms with E-state index in [4.69, 9.17) is 4.74 Å². The quantitative estimate of drug-likeness (QED) is 0.394. The van der Waals surface area contributed by atoms with Gasteiger partial charge in [-0.2, -0.15) is 0 Å². The van der Waals surface area contributed by atoms with Crippen molar-refractivity contribution in [2.24, 2.45) is 0 Å². The van der Waals surface area contributed by atoms with Gasteiger partial charge in [0, 0.05) is 0 Å². The fourth-order valence-electron chi connectivity index (χ4n) is 3.46. The summed E-state index contributed by atoms with van der Waals surface area (Å²) in [6, 6.07) is 20.9. The highest BCUT2D eigenvalue weighted by molar-refractivity contribution is 5.34. The first-order chi connectivity index (χ1) is 13.5. The van der Waals surface area contributed by atoms with Gasteiger partial charge in [0.2, 0.25) is 0 Å². The summed E-state index contributed by atoms with van der Waals surface area (Å²) in [5.74, 6) is 0.899.